The summed E-state index contributed by atoms with van der Waals surface area (Å²) in [6.45, 7) is 7.45. The summed E-state index contributed by atoms with van der Waals surface area (Å²) >= 11 is 0. The predicted octanol–water partition coefficient (Wildman–Crippen LogP) is 2.68. The highest BCUT2D eigenvalue weighted by molar-refractivity contribution is 5.75. The van der Waals surface area contributed by atoms with Crippen LogP contribution in [-0.2, 0) is 4.79 Å². The van der Waals surface area contributed by atoms with Crippen molar-refractivity contribution >= 4 is 5.97 Å². The van der Waals surface area contributed by atoms with Gasteiger partial charge in [0.05, 0.1) is 18.6 Å². The largest absolute Gasteiger partial charge is 0.496 e. The van der Waals surface area contributed by atoms with Crippen LogP contribution in [0.15, 0.2) is 12.1 Å². The lowest BCUT2D eigenvalue weighted by atomic mass is 9.79. The lowest BCUT2D eigenvalue weighted by molar-refractivity contribution is -0.148. The van der Waals surface area contributed by atoms with E-state index in [1.54, 1.807) is 28.0 Å². The SMILES string of the molecule is CNC(c1cc(C)c(C)cc1OC)C(C)(C)C(=O)O. The maximum Gasteiger partial charge on any atom is 0.311 e. The normalized spacial score (nSPS) is 13.2. The van der Waals surface area contributed by atoms with Gasteiger partial charge in [0.25, 0.3) is 0 Å². The standard InChI is InChI=1S/C15H23NO3/c1-9-7-11(12(19-6)8-10(9)2)13(16-5)15(3,4)14(17)18/h7-8,13,16H,1-6H3,(H,17,18). The van der Waals surface area contributed by atoms with Gasteiger partial charge in [-0.1, -0.05) is 6.07 Å². The van der Waals surface area contributed by atoms with Crippen molar-refractivity contribution in [1.29, 1.82) is 0 Å². The van der Waals surface area contributed by atoms with E-state index < -0.39 is 11.4 Å². The van der Waals surface area contributed by atoms with E-state index in [1.165, 1.54) is 0 Å². The first-order valence-corrected chi connectivity index (χ1v) is 6.31. The van der Waals surface area contributed by atoms with Gasteiger partial charge in [0.1, 0.15) is 5.75 Å². The highest BCUT2D eigenvalue weighted by Gasteiger charge is 2.38. The van der Waals surface area contributed by atoms with Crippen LogP contribution >= 0.6 is 0 Å². The summed E-state index contributed by atoms with van der Waals surface area (Å²) < 4.78 is 5.41. The number of hydrogen-bond donors (Lipinski definition) is 2. The van der Waals surface area contributed by atoms with Crippen molar-refractivity contribution in [2.75, 3.05) is 14.2 Å². The van der Waals surface area contributed by atoms with Crippen molar-refractivity contribution in [3.63, 3.8) is 0 Å². The number of aryl methyl sites for hydroxylation is 2. The predicted molar refractivity (Wildman–Crippen MR) is 75.7 cm³/mol. The first-order valence-electron chi connectivity index (χ1n) is 6.31. The Labute approximate surface area is 114 Å². The van der Waals surface area contributed by atoms with Crippen molar-refractivity contribution in [1.82, 2.24) is 5.32 Å². The third-order valence-electron chi connectivity index (χ3n) is 3.72. The number of carboxylic acids is 1. The molecule has 1 unspecified atom stereocenters. The highest BCUT2D eigenvalue weighted by atomic mass is 16.5. The Morgan fingerprint density at radius 1 is 1.32 bits per heavy atom. The van der Waals surface area contributed by atoms with Crippen LogP contribution in [0.5, 0.6) is 5.75 Å². The molecular weight excluding hydrogens is 242 g/mol. The van der Waals surface area contributed by atoms with Gasteiger partial charge < -0.3 is 15.2 Å². The topological polar surface area (TPSA) is 58.6 Å². The van der Waals surface area contributed by atoms with E-state index in [2.05, 4.69) is 5.32 Å². The molecule has 19 heavy (non-hydrogen) atoms. The van der Waals surface area contributed by atoms with Crippen LogP contribution in [0.25, 0.3) is 0 Å². The molecule has 0 fully saturated rings. The molecule has 0 aliphatic heterocycles. The fourth-order valence-electron chi connectivity index (χ4n) is 2.24. The van der Waals surface area contributed by atoms with Crippen molar-refractivity contribution in [2.24, 2.45) is 5.41 Å². The van der Waals surface area contributed by atoms with E-state index in [0.717, 1.165) is 22.4 Å². The summed E-state index contributed by atoms with van der Waals surface area (Å²) in [6.07, 6.45) is 0. The molecule has 0 aromatic heterocycles. The van der Waals surface area contributed by atoms with Crippen molar-refractivity contribution < 1.29 is 14.6 Å². The molecule has 1 aromatic carbocycles. The first-order chi connectivity index (χ1) is 8.75. The molecule has 0 spiro atoms. The first kappa shape index (κ1) is 15.5. The number of rotatable bonds is 5. The molecule has 4 nitrogen and oxygen atoms in total. The van der Waals surface area contributed by atoms with Crippen molar-refractivity contribution in [2.45, 2.75) is 33.7 Å². The Balaban J connectivity index is 3.41. The zero-order chi connectivity index (χ0) is 14.8. The molecule has 1 aromatic rings. The quantitative estimate of drug-likeness (QED) is 0.859. The maximum atomic E-state index is 11.5. The minimum Gasteiger partial charge on any atom is -0.496 e. The molecule has 0 bridgehead atoms. The molecule has 0 aliphatic rings. The minimum absolute atomic E-state index is 0.320. The fraction of sp³-hybridized carbons (Fsp3) is 0.533. The Hall–Kier alpha value is -1.55. The maximum absolute atomic E-state index is 11.5. The van der Waals surface area contributed by atoms with E-state index in [1.807, 2.05) is 26.0 Å². The molecule has 0 radical (unpaired) electrons. The highest BCUT2D eigenvalue weighted by Crippen LogP contribution is 2.39. The van der Waals surface area contributed by atoms with Gasteiger partial charge in [0, 0.05) is 5.56 Å². The third kappa shape index (κ3) is 2.89. The van der Waals surface area contributed by atoms with Gasteiger partial charge in [-0.05, 0) is 51.9 Å². The second-order valence-corrected chi connectivity index (χ2v) is 5.43. The van der Waals surface area contributed by atoms with Gasteiger partial charge in [0.2, 0.25) is 0 Å². The minimum atomic E-state index is -0.927. The van der Waals surface area contributed by atoms with Crippen LogP contribution in [0.2, 0.25) is 0 Å². The van der Waals surface area contributed by atoms with Crippen LogP contribution in [0.3, 0.4) is 0 Å². The number of carboxylic acid groups (broad SMARTS) is 1. The van der Waals surface area contributed by atoms with Gasteiger partial charge in [-0.2, -0.15) is 0 Å². The number of hydrogen-bond acceptors (Lipinski definition) is 3. The molecule has 4 heteroatoms. The smallest absolute Gasteiger partial charge is 0.311 e. The summed E-state index contributed by atoms with van der Waals surface area (Å²) in [5.74, 6) is -0.121. The number of methoxy groups -OCH3 is 1. The molecule has 0 saturated carbocycles. The number of nitrogens with one attached hydrogen (secondary N) is 1. The second kappa shape index (κ2) is 5.61. The zero-order valence-corrected chi connectivity index (χ0v) is 12.5. The summed E-state index contributed by atoms with van der Waals surface area (Å²) in [5.41, 5.74) is 2.20. The Morgan fingerprint density at radius 3 is 2.26 bits per heavy atom. The van der Waals surface area contributed by atoms with E-state index >= 15 is 0 Å². The number of aliphatic carboxylic acids is 1. The number of ether oxygens (including phenoxy) is 1. The summed E-state index contributed by atoms with van der Waals surface area (Å²) in [7, 11) is 3.37. The van der Waals surface area contributed by atoms with Crippen molar-refractivity contribution in [3.8, 4) is 5.75 Å². The second-order valence-electron chi connectivity index (χ2n) is 5.43. The molecule has 1 rings (SSSR count). The van der Waals surface area contributed by atoms with Crippen LogP contribution < -0.4 is 10.1 Å². The van der Waals surface area contributed by atoms with E-state index in [4.69, 9.17) is 4.74 Å². The van der Waals surface area contributed by atoms with Crippen molar-refractivity contribution in [3.05, 3.63) is 28.8 Å². The summed E-state index contributed by atoms with van der Waals surface area (Å²) in [4.78, 5) is 11.5. The lowest BCUT2D eigenvalue weighted by Crippen LogP contribution is -2.38. The summed E-state index contributed by atoms with van der Waals surface area (Å²) in [5, 5.41) is 12.5. The molecule has 1 atom stereocenters. The average molecular weight is 265 g/mol. The van der Waals surface area contributed by atoms with E-state index in [9.17, 15) is 9.90 Å². The molecule has 106 valence electrons. The van der Waals surface area contributed by atoms with E-state index in [-0.39, 0.29) is 6.04 Å². The van der Waals surface area contributed by atoms with Gasteiger partial charge in [0.15, 0.2) is 0 Å². The third-order valence-corrected chi connectivity index (χ3v) is 3.72. The van der Waals surface area contributed by atoms with Gasteiger partial charge in [-0.3, -0.25) is 4.79 Å². The average Bonchev–Trinajstić information content (AvgIpc) is 2.33. The molecule has 2 N–H and O–H groups in total. The summed E-state index contributed by atoms with van der Waals surface area (Å²) in [6, 6.07) is 3.63. The molecular formula is C15H23NO3. The number of benzene rings is 1. The Bertz CT molecular complexity index is 481. The van der Waals surface area contributed by atoms with Crippen LogP contribution in [-0.4, -0.2) is 25.2 Å². The van der Waals surface area contributed by atoms with E-state index in [0.29, 0.717) is 0 Å². The van der Waals surface area contributed by atoms with Crippen LogP contribution in [0, 0.1) is 19.3 Å². The van der Waals surface area contributed by atoms with Gasteiger partial charge >= 0.3 is 5.97 Å². The fourth-order valence-corrected chi connectivity index (χ4v) is 2.24. The zero-order valence-electron chi connectivity index (χ0n) is 12.5. The van der Waals surface area contributed by atoms with Gasteiger partial charge in [-0.15, -0.1) is 0 Å². The molecule has 0 heterocycles. The monoisotopic (exact) mass is 265 g/mol. The number of carbonyl (C=O) groups is 1. The van der Waals surface area contributed by atoms with Crippen LogP contribution in [0.4, 0.5) is 0 Å². The molecule has 0 saturated heterocycles. The Morgan fingerprint density at radius 2 is 1.84 bits per heavy atom. The lowest BCUT2D eigenvalue weighted by Gasteiger charge is -2.32. The van der Waals surface area contributed by atoms with Crippen LogP contribution in [0.1, 0.15) is 36.6 Å². The molecule has 0 amide bonds. The van der Waals surface area contributed by atoms with Gasteiger partial charge in [-0.25, -0.2) is 0 Å². The Kier molecular flexibility index (Phi) is 4.58. The molecule has 0 aliphatic carbocycles.